The number of ketones is 1. The quantitative estimate of drug-likeness (QED) is 0.619. The van der Waals surface area contributed by atoms with Gasteiger partial charge in [0.1, 0.15) is 11.8 Å². The van der Waals surface area contributed by atoms with Crippen molar-refractivity contribution >= 4 is 11.7 Å². The first-order valence-corrected chi connectivity index (χ1v) is 9.86. The minimum Gasteiger partial charge on any atom is -0.484 e. The standard InChI is InChI=1S/C23H30N2O3/c1-5-17-7-9-18(10-8-17)21(25(3)4)15-24-23(27)16-28-20-13-11-19(12-14-20)22(26)6-2/h7-14,21H,5-6,15-16H2,1-4H3,(H,24,27)/p+1/t21-/m1/s1. The van der Waals surface area contributed by atoms with Gasteiger partial charge in [-0.25, -0.2) is 0 Å². The predicted molar refractivity (Wildman–Crippen MR) is 111 cm³/mol. The molecule has 2 aromatic rings. The summed E-state index contributed by atoms with van der Waals surface area (Å²) < 4.78 is 5.53. The number of likely N-dealkylation sites (N-methyl/N-ethyl adjacent to an activating group) is 1. The molecule has 2 N–H and O–H groups in total. The third-order valence-corrected chi connectivity index (χ3v) is 4.86. The van der Waals surface area contributed by atoms with Crippen LogP contribution in [0.25, 0.3) is 0 Å². The zero-order chi connectivity index (χ0) is 20.5. The molecule has 150 valence electrons. The number of hydrogen-bond donors (Lipinski definition) is 2. The van der Waals surface area contributed by atoms with Gasteiger partial charge in [-0.05, 0) is 36.2 Å². The van der Waals surface area contributed by atoms with Crippen LogP contribution in [0.4, 0.5) is 0 Å². The van der Waals surface area contributed by atoms with Gasteiger partial charge in [0.15, 0.2) is 12.4 Å². The number of carbonyl (C=O) groups is 2. The molecule has 2 rings (SSSR count). The molecule has 0 unspecified atom stereocenters. The van der Waals surface area contributed by atoms with Crippen LogP contribution >= 0.6 is 0 Å². The smallest absolute Gasteiger partial charge is 0.258 e. The maximum atomic E-state index is 12.2. The number of Topliss-reactive ketones (excluding diaryl/α,β-unsaturated/α-hetero) is 1. The zero-order valence-electron chi connectivity index (χ0n) is 17.2. The summed E-state index contributed by atoms with van der Waals surface area (Å²) in [6, 6.07) is 15.6. The number of nitrogens with one attached hydrogen (secondary N) is 2. The van der Waals surface area contributed by atoms with Gasteiger partial charge in [-0.1, -0.05) is 38.1 Å². The van der Waals surface area contributed by atoms with Crippen LogP contribution in [0.1, 0.15) is 47.8 Å². The Balaban J connectivity index is 1.86. The van der Waals surface area contributed by atoms with Crippen LogP contribution in [-0.4, -0.2) is 38.9 Å². The van der Waals surface area contributed by atoms with Crippen molar-refractivity contribution in [3.05, 3.63) is 65.2 Å². The van der Waals surface area contributed by atoms with Crippen molar-refractivity contribution in [1.82, 2.24) is 5.32 Å². The largest absolute Gasteiger partial charge is 0.484 e. The molecular formula is C23H31N2O3+. The maximum Gasteiger partial charge on any atom is 0.258 e. The summed E-state index contributed by atoms with van der Waals surface area (Å²) in [4.78, 5) is 25.1. The Morgan fingerprint density at radius 3 is 2.18 bits per heavy atom. The van der Waals surface area contributed by atoms with Gasteiger partial charge in [-0.15, -0.1) is 0 Å². The molecular weight excluding hydrogens is 352 g/mol. The maximum absolute atomic E-state index is 12.2. The highest BCUT2D eigenvalue weighted by Crippen LogP contribution is 2.14. The summed E-state index contributed by atoms with van der Waals surface area (Å²) in [6.07, 6.45) is 1.49. The Kier molecular flexibility index (Phi) is 8.20. The summed E-state index contributed by atoms with van der Waals surface area (Å²) in [5, 5.41) is 2.96. The van der Waals surface area contributed by atoms with Gasteiger partial charge in [0.05, 0.1) is 20.6 Å². The normalized spacial score (nSPS) is 11.9. The Bertz CT molecular complexity index is 767. The average molecular weight is 384 g/mol. The van der Waals surface area contributed by atoms with E-state index in [9.17, 15) is 9.59 Å². The van der Waals surface area contributed by atoms with Crippen molar-refractivity contribution in [3.8, 4) is 5.75 Å². The molecule has 0 bridgehead atoms. The molecule has 0 aliphatic rings. The van der Waals surface area contributed by atoms with Crippen LogP contribution in [0.5, 0.6) is 5.75 Å². The van der Waals surface area contributed by atoms with Gasteiger partial charge in [0.2, 0.25) is 0 Å². The molecule has 5 heteroatoms. The lowest BCUT2D eigenvalue weighted by atomic mass is 10.0. The van der Waals surface area contributed by atoms with Gasteiger partial charge in [0.25, 0.3) is 5.91 Å². The van der Waals surface area contributed by atoms with Crippen LogP contribution in [0, 0.1) is 0 Å². The van der Waals surface area contributed by atoms with E-state index in [-0.39, 0.29) is 24.3 Å². The Hall–Kier alpha value is -2.66. The molecule has 0 fully saturated rings. The van der Waals surface area contributed by atoms with Crippen LogP contribution < -0.4 is 15.0 Å². The Labute approximate surface area is 167 Å². The van der Waals surface area contributed by atoms with Crippen molar-refractivity contribution < 1.29 is 19.2 Å². The second-order valence-electron chi connectivity index (χ2n) is 7.12. The van der Waals surface area contributed by atoms with Crippen LogP contribution in [0.2, 0.25) is 0 Å². The van der Waals surface area contributed by atoms with Crippen LogP contribution in [0.3, 0.4) is 0 Å². The molecule has 0 radical (unpaired) electrons. The topological polar surface area (TPSA) is 59.8 Å². The lowest BCUT2D eigenvalue weighted by molar-refractivity contribution is -0.890. The number of quaternary nitrogens is 1. The van der Waals surface area contributed by atoms with E-state index in [1.54, 1.807) is 24.3 Å². The number of hydrogen-bond acceptors (Lipinski definition) is 3. The van der Waals surface area contributed by atoms with Gasteiger partial charge in [0, 0.05) is 17.5 Å². The molecule has 0 spiro atoms. The molecule has 28 heavy (non-hydrogen) atoms. The van der Waals surface area contributed by atoms with E-state index < -0.39 is 0 Å². The van der Waals surface area contributed by atoms with Crippen molar-refractivity contribution in [3.63, 3.8) is 0 Å². The fraction of sp³-hybridized carbons (Fsp3) is 0.391. The lowest BCUT2D eigenvalue weighted by Crippen LogP contribution is -3.07. The minimum absolute atomic E-state index is 0.0503. The number of rotatable bonds is 10. The number of benzene rings is 2. The van der Waals surface area contributed by atoms with E-state index in [0.717, 1.165) is 6.42 Å². The highest BCUT2D eigenvalue weighted by atomic mass is 16.5. The monoisotopic (exact) mass is 383 g/mol. The fourth-order valence-corrected chi connectivity index (χ4v) is 3.00. The van der Waals surface area contributed by atoms with Crippen LogP contribution in [-0.2, 0) is 11.2 Å². The summed E-state index contributed by atoms with van der Waals surface area (Å²) in [7, 11) is 4.17. The van der Waals surface area contributed by atoms with Crippen molar-refractivity contribution in [2.45, 2.75) is 32.7 Å². The van der Waals surface area contributed by atoms with Gasteiger partial charge < -0.3 is 15.0 Å². The van der Waals surface area contributed by atoms with Gasteiger partial charge in [-0.2, -0.15) is 0 Å². The summed E-state index contributed by atoms with van der Waals surface area (Å²) in [6.45, 7) is 4.46. The predicted octanol–water partition coefficient (Wildman–Crippen LogP) is 2.22. The first-order valence-electron chi connectivity index (χ1n) is 9.86. The first-order chi connectivity index (χ1) is 13.4. The Morgan fingerprint density at radius 2 is 1.64 bits per heavy atom. The lowest BCUT2D eigenvalue weighted by Gasteiger charge is -2.22. The van der Waals surface area contributed by atoms with Crippen molar-refractivity contribution in [2.24, 2.45) is 0 Å². The zero-order valence-corrected chi connectivity index (χ0v) is 17.2. The summed E-state index contributed by atoms with van der Waals surface area (Å²) in [5.41, 5.74) is 3.17. The molecule has 0 aliphatic carbocycles. The molecule has 1 atom stereocenters. The third-order valence-electron chi connectivity index (χ3n) is 4.86. The van der Waals surface area contributed by atoms with Gasteiger partial charge >= 0.3 is 0 Å². The third kappa shape index (κ3) is 6.20. The molecule has 0 saturated heterocycles. The number of ether oxygens (including phenoxy) is 1. The number of carbonyl (C=O) groups excluding carboxylic acids is 2. The minimum atomic E-state index is -0.162. The fourth-order valence-electron chi connectivity index (χ4n) is 3.00. The van der Waals surface area contributed by atoms with E-state index in [4.69, 9.17) is 4.74 Å². The summed E-state index contributed by atoms with van der Waals surface area (Å²) in [5.74, 6) is 0.506. The van der Waals surface area contributed by atoms with E-state index >= 15 is 0 Å². The molecule has 2 aromatic carbocycles. The highest BCUT2D eigenvalue weighted by Gasteiger charge is 2.18. The second-order valence-corrected chi connectivity index (χ2v) is 7.12. The molecule has 5 nitrogen and oxygen atoms in total. The SMILES string of the molecule is CCC(=O)c1ccc(OCC(=O)NC[C@H](c2ccc(CC)cc2)[NH+](C)C)cc1. The molecule has 0 aliphatic heterocycles. The summed E-state index contributed by atoms with van der Waals surface area (Å²) >= 11 is 0. The van der Waals surface area contributed by atoms with Crippen LogP contribution in [0.15, 0.2) is 48.5 Å². The average Bonchev–Trinajstić information content (AvgIpc) is 2.72. The number of aryl methyl sites for hydroxylation is 1. The molecule has 0 saturated carbocycles. The molecule has 1 amide bonds. The molecule has 0 heterocycles. The van der Waals surface area contributed by atoms with E-state index in [1.807, 2.05) is 6.92 Å². The molecule has 0 aromatic heterocycles. The number of amides is 1. The second kappa shape index (κ2) is 10.6. The Morgan fingerprint density at radius 1 is 1.00 bits per heavy atom. The highest BCUT2D eigenvalue weighted by molar-refractivity contribution is 5.95. The van der Waals surface area contributed by atoms with Crippen molar-refractivity contribution in [1.29, 1.82) is 0 Å². The van der Waals surface area contributed by atoms with E-state index in [1.165, 1.54) is 16.0 Å². The van der Waals surface area contributed by atoms with Gasteiger partial charge in [-0.3, -0.25) is 9.59 Å². The first kappa shape index (κ1) is 21.6. The van der Waals surface area contributed by atoms with Crippen molar-refractivity contribution in [2.75, 3.05) is 27.2 Å². The van der Waals surface area contributed by atoms with E-state index in [2.05, 4.69) is 50.6 Å². The van der Waals surface area contributed by atoms with E-state index in [0.29, 0.717) is 24.3 Å².